The minimum atomic E-state index is -0.875. The van der Waals surface area contributed by atoms with E-state index in [-0.39, 0.29) is 23.4 Å². The lowest BCUT2D eigenvalue weighted by molar-refractivity contribution is 0.289. The van der Waals surface area contributed by atoms with E-state index in [0.29, 0.717) is 11.5 Å². The molecule has 1 fully saturated rings. The van der Waals surface area contributed by atoms with Gasteiger partial charge in [-0.2, -0.15) is 0 Å². The van der Waals surface area contributed by atoms with E-state index in [1.54, 1.807) is 12.1 Å². The minimum absolute atomic E-state index is 0.0656. The summed E-state index contributed by atoms with van der Waals surface area (Å²) in [5, 5.41) is 0. The average molecular weight is 346 g/mol. The molecule has 0 aromatic heterocycles. The zero-order valence-electron chi connectivity index (χ0n) is 14.9. The van der Waals surface area contributed by atoms with Crippen LogP contribution in [0.2, 0.25) is 0 Å². The van der Waals surface area contributed by atoms with Crippen LogP contribution in [0.4, 0.5) is 13.2 Å². The Morgan fingerprint density at radius 1 is 0.880 bits per heavy atom. The molecular weight excluding hydrogens is 321 g/mol. The summed E-state index contributed by atoms with van der Waals surface area (Å²) in [6.45, 7) is 3.81. The van der Waals surface area contributed by atoms with E-state index < -0.39 is 11.6 Å². The summed E-state index contributed by atoms with van der Waals surface area (Å²) in [7, 11) is 0. The van der Waals surface area contributed by atoms with Crippen molar-refractivity contribution in [2.75, 3.05) is 0 Å². The third-order valence-electron chi connectivity index (χ3n) is 5.51. The van der Waals surface area contributed by atoms with Crippen LogP contribution in [-0.2, 0) is 12.8 Å². The van der Waals surface area contributed by atoms with Crippen LogP contribution >= 0.6 is 0 Å². The Kier molecular flexibility index (Phi) is 5.51. The predicted molar refractivity (Wildman–Crippen MR) is 95.1 cm³/mol. The van der Waals surface area contributed by atoms with Crippen molar-refractivity contribution in [3.8, 4) is 0 Å². The monoisotopic (exact) mass is 346 g/mol. The van der Waals surface area contributed by atoms with Crippen molar-refractivity contribution in [3.63, 3.8) is 0 Å². The van der Waals surface area contributed by atoms with Crippen LogP contribution in [0.25, 0.3) is 0 Å². The van der Waals surface area contributed by atoms with E-state index in [1.807, 2.05) is 6.07 Å². The van der Waals surface area contributed by atoms with Gasteiger partial charge in [0.05, 0.1) is 0 Å². The molecule has 0 saturated heterocycles. The summed E-state index contributed by atoms with van der Waals surface area (Å²) < 4.78 is 42.1. The Morgan fingerprint density at radius 2 is 1.56 bits per heavy atom. The van der Waals surface area contributed by atoms with Gasteiger partial charge in [-0.05, 0) is 66.3 Å². The molecule has 0 atom stereocenters. The maximum Gasteiger partial charge on any atom is 0.162 e. The summed E-state index contributed by atoms with van der Waals surface area (Å²) in [5.74, 6) is -0.617. The second kappa shape index (κ2) is 7.63. The molecule has 0 unspecified atom stereocenters. The predicted octanol–water partition coefficient (Wildman–Crippen LogP) is 6.37. The van der Waals surface area contributed by atoms with E-state index in [2.05, 4.69) is 6.92 Å². The van der Waals surface area contributed by atoms with Crippen LogP contribution in [0.15, 0.2) is 30.3 Å². The molecule has 0 N–H and O–H groups in total. The largest absolute Gasteiger partial charge is 0.207 e. The van der Waals surface area contributed by atoms with Crippen molar-refractivity contribution in [2.45, 2.75) is 52.4 Å². The first-order valence-corrected chi connectivity index (χ1v) is 9.14. The molecule has 134 valence electrons. The highest BCUT2D eigenvalue weighted by atomic mass is 19.2. The second-order valence-corrected chi connectivity index (χ2v) is 7.60. The average Bonchev–Trinajstić information content (AvgIpc) is 2.59. The smallest absolute Gasteiger partial charge is 0.162 e. The molecule has 0 aliphatic heterocycles. The minimum Gasteiger partial charge on any atom is -0.207 e. The third-order valence-corrected chi connectivity index (χ3v) is 5.51. The highest BCUT2D eigenvalue weighted by molar-refractivity contribution is 5.33. The summed E-state index contributed by atoms with van der Waals surface area (Å²) in [5.41, 5.74) is 1.86. The molecule has 1 aliphatic carbocycles. The highest BCUT2D eigenvalue weighted by Gasteiger charge is 2.19. The molecule has 1 aliphatic rings. The quantitative estimate of drug-likeness (QED) is 0.603. The first kappa shape index (κ1) is 18.0. The maximum absolute atomic E-state index is 14.4. The van der Waals surface area contributed by atoms with Gasteiger partial charge in [-0.25, -0.2) is 13.2 Å². The Bertz CT molecular complexity index is 743. The molecule has 0 heterocycles. The Balaban J connectivity index is 1.71. The van der Waals surface area contributed by atoms with Gasteiger partial charge >= 0.3 is 0 Å². The molecule has 1 saturated carbocycles. The van der Waals surface area contributed by atoms with E-state index in [9.17, 15) is 13.2 Å². The lowest BCUT2D eigenvalue weighted by Gasteiger charge is -2.26. The van der Waals surface area contributed by atoms with Crippen LogP contribution < -0.4 is 0 Å². The van der Waals surface area contributed by atoms with Crippen LogP contribution in [0.3, 0.4) is 0 Å². The van der Waals surface area contributed by atoms with Crippen molar-refractivity contribution in [1.29, 1.82) is 0 Å². The second-order valence-electron chi connectivity index (χ2n) is 7.60. The van der Waals surface area contributed by atoms with Crippen molar-refractivity contribution >= 4 is 0 Å². The molecular formula is C22H25F3. The molecule has 2 aromatic rings. The molecule has 0 radical (unpaired) electrons. The van der Waals surface area contributed by atoms with Crippen molar-refractivity contribution in [2.24, 2.45) is 11.8 Å². The van der Waals surface area contributed by atoms with Gasteiger partial charge in [0.1, 0.15) is 5.82 Å². The molecule has 0 nitrogen and oxygen atoms in total. The van der Waals surface area contributed by atoms with Gasteiger partial charge in [0, 0.05) is 6.42 Å². The molecule has 0 amide bonds. The number of halogens is 3. The van der Waals surface area contributed by atoms with Crippen LogP contribution in [0.5, 0.6) is 0 Å². The van der Waals surface area contributed by atoms with Gasteiger partial charge in [0.2, 0.25) is 0 Å². The normalized spacial score (nSPS) is 20.7. The van der Waals surface area contributed by atoms with Gasteiger partial charge in [0.25, 0.3) is 0 Å². The van der Waals surface area contributed by atoms with E-state index in [4.69, 9.17) is 0 Å². The van der Waals surface area contributed by atoms with Crippen molar-refractivity contribution in [3.05, 3.63) is 70.0 Å². The molecule has 0 bridgehead atoms. The van der Waals surface area contributed by atoms with Gasteiger partial charge in [-0.15, -0.1) is 0 Å². The van der Waals surface area contributed by atoms with Gasteiger partial charge in [-0.3, -0.25) is 0 Å². The topological polar surface area (TPSA) is 0 Å². The van der Waals surface area contributed by atoms with Gasteiger partial charge < -0.3 is 0 Å². The Hall–Kier alpha value is -1.77. The van der Waals surface area contributed by atoms with Crippen LogP contribution in [0, 0.1) is 36.2 Å². The zero-order chi connectivity index (χ0) is 18.0. The van der Waals surface area contributed by atoms with E-state index in [0.717, 1.165) is 17.9 Å². The number of hydrogen-bond donors (Lipinski definition) is 0. The number of aryl methyl sites for hydroxylation is 1. The molecule has 0 spiro atoms. The summed E-state index contributed by atoms with van der Waals surface area (Å²) >= 11 is 0. The van der Waals surface area contributed by atoms with Crippen LogP contribution in [-0.4, -0.2) is 0 Å². The number of benzene rings is 2. The first-order chi connectivity index (χ1) is 11.9. The SMILES string of the molecule is Cc1ccc(Cc2ccc(CC3CCC(C)CC3)cc2F)c(F)c1F. The standard InChI is InChI=1S/C22H25F3/c1-14-3-6-16(7-4-14)11-17-8-10-18(20(23)12-17)13-19-9-5-15(2)21(24)22(19)25/h5,8-10,12,14,16H,3-4,6-7,11,13H2,1-2H3. The fourth-order valence-electron chi connectivity index (χ4n) is 3.76. The molecule has 3 heteroatoms. The molecule has 25 heavy (non-hydrogen) atoms. The highest BCUT2D eigenvalue weighted by Crippen LogP contribution is 2.31. The first-order valence-electron chi connectivity index (χ1n) is 9.14. The van der Waals surface area contributed by atoms with Crippen molar-refractivity contribution in [1.82, 2.24) is 0 Å². The summed E-state index contributed by atoms with van der Waals surface area (Å²) in [6, 6.07) is 8.27. The fraction of sp³-hybridized carbons (Fsp3) is 0.455. The Labute approximate surface area is 148 Å². The van der Waals surface area contributed by atoms with Crippen LogP contribution in [0.1, 0.15) is 54.9 Å². The fourth-order valence-corrected chi connectivity index (χ4v) is 3.76. The Morgan fingerprint density at radius 3 is 2.24 bits per heavy atom. The summed E-state index contributed by atoms with van der Waals surface area (Å²) in [4.78, 5) is 0. The molecule has 2 aromatic carbocycles. The lowest BCUT2D eigenvalue weighted by atomic mass is 9.80. The number of rotatable bonds is 4. The molecule has 3 rings (SSSR count). The maximum atomic E-state index is 14.4. The van der Waals surface area contributed by atoms with Crippen molar-refractivity contribution < 1.29 is 13.2 Å². The van der Waals surface area contributed by atoms with Gasteiger partial charge in [-0.1, -0.05) is 44.0 Å². The zero-order valence-corrected chi connectivity index (χ0v) is 14.9. The van der Waals surface area contributed by atoms with E-state index in [1.165, 1.54) is 44.7 Å². The summed E-state index contributed by atoms with van der Waals surface area (Å²) in [6.07, 6.45) is 5.89. The van der Waals surface area contributed by atoms with Gasteiger partial charge in [0.15, 0.2) is 11.6 Å². The third kappa shape index (κ3) is 4.26. The lowest BCUT2D eigenvalue weighted by Crippen LogP contribution is -2.14. The van der Waals surface area contributed by atoms with E-state index >= 15 is 0 Å². The number of hydrogen-bond acceptors (Lipinski definition) is 0.